The predicted molar refractivity (Wildman–Crippen MR) is 137 cm³/mol. The maximum Gasteiger partial charge on any atom is 0.338 e. The molecule has 3 aromatic carbocycles. The van der Waals surface area contributed by atoms with E-state index >= 15 is 0 Å². The number of hydrogen-bond acceptors (Lipinski definition) is 5. The van der Waals surface area contributed by atoms with Gasteiger partial charge >= 0.3 is 5.97 Å². The van der Waals surface area contributed by atoms with E-state index in [9.17, 15) is 4.79 Å². The van der Waals surface area contributed by atoms with Crippen LogP contribution < -0.4 is 4.74 Å². The third-order valence-corrected chi connectivity index (χ3v) is 5.44. The average molecular weight is 490 g/mol. The molecule has 180 valence electrons. The van der Waals surface area contributed by atoms with Gasteiger partial charge in [0.25, 0.3) is 0 Å². The van der Waals surface area contributed by atoms with Crippen LogP contribution in [0, 0.1) is 6.92 Å². The minimum atomic E-state index is -0.521. The van der Waals surface area contributed by atoms with Gasteiger partial charge < -0.3 is 13.9 Å². The van der Waals surface area contributed by atoms with Crippen molar-refractivity contribution in [2.24, 2.45) is 0 Å². The Bertz CT molecular complexity index is 1300. The van der Waals surface area contributed by atoms with Crippen molar-refractivity contribution >= 4 is 17.6 Å². The zero-order valence-corrected chi connectivity index (χ0v) is 21.1. The molecule has 6 heteroatoms. The molecule has 35 heavy (non-hydrogen) atoms. The molecule has 4 rings (SSSR count). The summed E-state index contributed by atoms with van der Waals surface area (Å²) in [4.78, 5) is 16.8. The number of aryl methyl sites for hydroxylation is 1. The molecule has 0 spiro atoms. The summed E-state index contributed by atoms with van der Waals surface area (Å²) in [6.45, 7) is 7.85. The first-order valence-electron chi connectivity index (χ1n) is 11.4. The summed E-state index contributed by atoms with van der Waals surface area (Å²) in [7, 11) is 0. The second kappa shape index (κ2) is 10.4. The lowest BCUT2D eigenvalue weighted by Gasteiger charge is -2.19. The van der Waals surface area contributed by atoms with Crippen molar-refractivity contribution in [3.05, 3.63) is 106 Å². The Labute approximate surface area is 210 Å². The van der Waals surface area contributed by atoms with E-state index in [4.69, 9.17) is 25.5 Å². The van der Waals surface area contributed by atoms with Gasteiger partial charge in [-0.3, -0.25) is 0 Å². The Morgan fingerprint density at radius 2 is 1.69 bits per heavy atom. The van der Waals surface area contributed by atoms with E-state index in [1.807, 2.05) is 88.4 Å². The fourth-order valence-electron chi connectivity index (χ4n) is 3.57. The van der Waals surface area contributed by atoms with E-state index in [0.717, 1.165) is 33.9 Å². The highest BCUT2D eigenvalue weighted by Gasteiger charge is 2.17. The van der Waals surface area contributed by atoms with Crippen LogP contribution in [0.5, 0.6) is 5.75 Å². The highest BCUT2D eigenvalue weighted by molar-refractivity contribution is 6.30. The minimum absolute atomic E-state index is 0.334. The van der Waals surface area contributed by atoms with E-state index in [-0.39, 0.29) is 5.97 Å². The van der Waals surface area contributed by atoms with E-state index in [2.05, 4.69) is 4.98 Å². The molecule has 5 nitrogen and oxygen atoms in total. The predicted octanol–water partition coefficient (Wildman–Crippen LogP) is 7.43. The van der Waals surface area contributed by atoms with Gasteiger partial charge in [-0.15, -0.1) is 0 Å². The Morgan fingerprint density at radius 3 is 2.34 bits per heavy atom. The molecular weight excluding hydrogens is 462 g/mol. The summed E-state index contributed by atoms with van der Waals surface area (Å²) in [5.41, 5.74) is 3.77. The topological polar surface area (TPSA) is 61.6 Å². The summed E-state index contributed by atoms with van der Waals surface area (Å²) < 4.78 is 17.2. The molecule has 1 heterocycles. The van der Waals surface area contributed by atoms with Gasteiger partial charge in [-0.25, -0.2) is 9.78 Å². The fraction of sp³-hybridized carbons (Fsp3) is 0.241. The van der Waals surface area contributed by atoms with E-state index in [0.29, 0.717) is 29.5 Å². The van der Waals surface area contributed by atoms with Gasteiger partial charge in [0.05, 0.1) is 5.56 Å². The average Bonchev–Trinajstić information content (AvgIpc) is 3.17. The zero-order valence-electron chi connectivity index (χ0n) is 20.3. The van der Waals surface area contributed by atoms with Gasteiger partial charge in [0.1, 0.15) is 29.4 Å². The van der Waals surface area contributed by atoms with Crippen LogP contribution in [0.3, 0.4) is 0 Å². The van der Waals surface area contributed by atoms with Gasteiger partial charge in [-0.2, -0.15) is 0 Å². The van der Waals surface area contributed by atoms with Crippen LogP contribution in [-0.2, 0) is 17.8 Å². The molecule has 0 amide bonds. The first kappa shape index (κ1) is 24.6. The highest BCUT2D eigenvalue weighted by Crippen LogP contribution is 2.27. The maximum absolute atomic E-state index is 12.2. The monoisotopic (exact) mass is 489 g/mol. The Balaban J connectivity index is 1.36. The minimum Gasteiger partial charge on any atom is -0.489 e. The second-order valence-electron chi connectivity index (χ2n) is 9.33. The van der Waals surface area contributed by atoms with Crippen LogP contribution in [0.25, 0.3) is 11.3 Å². The third-order valence-electron chi connectivity index (χ3n) is 5.21. The van der Waals surface area contributed by atoms with Crippen molar-refractivity contribution in [2.45, 2.75) is 46.3 Å². The summed E-state index contributed by atoms with van der Waals surface area (Å²) in [6.07, 6.45) is 0.579. The van der Waals surface area contributed by atoms with Crippen molar-refractivity contribution in [1.82, 2.24) is 4.98 Å². The summed E-state index contributed by atoms with van der Waals surface area (Å²) in [5, 5.41) is 0.695. The molecule has 0 unspecified atom stereocenters. The SMILES string of the molecule is Cc1oc(Cc2cccc(Cl)c2)nc1-c1ccc(OCc2ccc(C(=O)OC(C)(C)C)cc2)cc1. The van der Waals surface area contributed by atoms with Crippen molar-refractivity contribution in [3.8, 4) is 17.0 Å². The van der Waals surface area contributed by atoms with Crippen LogP contribution in [0.2, 0.25) is 5.02 Å². The molecule has 0 saturated heterocycles. The third kappa shape index (κ3) is 6.74. The number of rotatable bonds is 7. The highest BCUT2D eigenvalue weighted by atomic mass is 35.5. The Morgan fingerprint density at radius 1 is 0.971 bits per heavy atom. The molecule has 0 fully saturated rings. The first-order chi connectivity index (χ1) is 16.7. The molecule has 0 saturated carbocycles. The van der Waals surface area contributed by atoms with Gasteiger partial charge in [-0.05, 0) is 87.4 Å². The molecule has 1 aromatic heterocycles. The number of hydrogen-bond donors (Lipinski definition) is 0. The number of nitrogens with zero attached hydrogens (tertiary/aromatic N) is 1. The number of oxazole rings is 1. The van der Waals surface area contributed by atoms with Crippen LogP contribution >= 0.6 is 11.6 Å². The van der Waals surface area contributed by atoms with Crippen LogP contribution in [0.4, 0.5) is 0 Å². The van der Waals surface area contributed by atoms with Crippen LogP contribution in [0.1, 0.15) is 53.9 Å². The van der Waals surface area contributed by atoms with Crippen molar-refractivity contribution < 1.29 is 18.7 Å². The standard InChI is InChI=1S/C29H28ClNO4/c1-19-27(31-26(34-19)17-21-6-5-7-24(30)16-21)22-12-14-25(15-13-22)33-18-20-8-10-23(11-9-20)28(32)35-29(2,3)4/h5-16H,17-18H2,1-4H3. The molecule has 4 aromatic rings. The van der Waals surface area contributed by atoms with Crippen molar-refractivity contribution in [2.75, 3.05) is 0 Å². The smallest absolute Gasteiger partial charge is 0.338 e. The van der Waals surface area contributed by atoms with Crippen molar-refractivity contribution in [1.29, 1.82) is 0 Å². The molecule has 0 aliphatic rings. The number of halogens is 1. The molecular formula is C29H28ClNO4. The number of aromatic nitrogens is 1. The van der Waals surface area contributed by atoms with E-state index in [1.165, 1.54) is 0 Å². The molecule has 0 aliphatic heterocycles. The molecule has 0 aliphatic carbocycles. The quantitative estimate of drug-likeness (QED) is 0.252. The van der Waals surface area contributed by atoms with E-state index < -0.39 is 5.60 Å². The lowest BCUT2D eigenvalue weighted by Crippen LogP contribution is -2.23. The molecule has 0 bridgehead atoms. The normalized spacial score (nSPS) is 11.3. The number of esters is 1. The Kier molecular flexibility index (Phi) is 7.27. The Hall–Kier alpha value is -3.57. The van der Waals surface area contributed by atoms with Crippen LogP contribution in [0.15, 0.2) is 77.2 Å². The van der Waals surface area contributed by atoms with Crippen LogP contribution in [-0.4, -0.2) is 16.6 Å². The summed E-state index contributed by atoms with van der Waals surface area (Å²) >= 11 is 6.08. The van der Waals surface area contributed by atoms with Gasteiger partial charge in [-0.1, -0.05) is 35.9 Å². The molecule has 0 atom stereocenters. The van der Waals surface area contributed by atoms with Crippen molar-refractivity contribution in [3.63, 3.8) is 0 Å². The number of ether oxygens (including phenoxy) is 2. The maximum atomic E-state index is 12.2. The molecule has 0 N–H and O–H groups in total. The number of carbonyl (C=O) groups excluding carboxylic acids is 1. The largest absolute Gasteiger partial charge is 0.489 e. The zero-order chi connectivity index (χ0) is 25.0. The fourth-order valence-corrected chi connectivity index (χ4v) is 3.78. The van der Waals surface area contributed by atoms with Gasteiger partial charge in [0.2, 0.25) is 0 Å². The summed E-state index contributed by atoms with van der Waals surface area (Å²) in [5.74, 6) is 1.82. The van der Waals surface area contributed by atoms with Gasteiger partial charge in [0.15, 0.2) is 5.89 Å². The summed E-state index contributed by atoms with van der Waals surface area (Å²) in [6, 6.07) is 22.7. The lowest BCUT2D eigenvalue weighted by atomic mass is 10.1. The second-order valence-corrected chi connectivity index (χ2v) is 9.77. The number of carbonyl (C=O) groups is 1. The first-order valence-corrected chi connectivity index (χ1v) is 11.8. The number of benzene rings is 3. The lowest BCUT2D eigenvalue weighted by molar-refractivity contribution is 0.00694. The molecule has 0 radical (unpaired) electrons. The van der Waals surface area contributed by atoms with Gasteiger partial charge in [0, 0.05) is 17.0 Å². The van der Waals surface area contributed by atoms with E-state index in [1.54, 1.807) is 12.1 Å².